The van der Waals surface area contributed by atoms with Crippen LogP contribution in [-0.4, -0.2) is 26.9 Å². The fourth-order valence-corrected chi connectivity index (χ4v) is 3.31. The molecule has 124 valence electrons. The number of nitrogens with zero attached hydrogens (tertiary/aromatic N) is 1. The second-order valence-corrected chi connectivity index (χ2v) is 7.76. The van der Waals surface area contributed by atoms with Gasteiger partial charge in [0.05, 0.1) is 17.7 Å². The van der Waals surface area contributed by atoms with Crippen molar-refractivity contribution >= 4 is 32.8 Å². The summed E-state index contributed by atoms with van der Waals surface area (Å²) in [7, 11) is -3.33. The van der Waals surface area contributed by atoms with Crippen LogP contribution in [0.3, 0.4) is 0 Å². The highest BCUT2D eigenvalue weighted by molar-refractivity contribution is 7.93. The monoisotopic (exact) mass is 364 g/mol. The number of anilines is 1. The number of fused-ring (bicyclic) bond motifs is 1. The number of benzodiazepines with no additional fused rings is 1. The first kappa shape index (κ1) is 16.7. The summed E-state index contributed by atoms with van der Waals surface area (Å²) in [6.45, 7) is 0.0863. The summed E-state index contributed by atoms with van der Waals surface area (Å²) in [5.41, 5.74) is 2.41. The van der Waals surface area contributed by atoms with Gasteiger partial charge in [-0.15, -0.1) is 0 Å². The van der Waals surface area contributed by atoms with Crippen molar-refractivity contribution in [2.45, 2.75) is 0 Å². The minimum Gasteiger partial charge on any atom is -0.356 e. The van der Waals surface area contributed by atoms with Gasteiger partial charge >= 0.3 is 0 Å². The zero-order valence-corrected chi connectivity index (χ0v) is 14.3. The van der Waals surface area contributed by atoms with E-state index in [4.69, 9.17) is 11.6 Å². The van der Waals surface area contributed by atoms with E-state index in [-0.39, 0.29) is 6.54 Å². The van der Waals surface area contributed by atoms with Gasteiger partial charge in [0.15, 0.2) is 9.84 Å². The molecule has 2 aromatic rings. The van der Waals surface area contributed by atoms with Crippen molar-refractivity contribution in [1.29, 1.82) is 0 Å². The summed E-state index contributed by atoms with van der Waals surface area (Å²) in [6, 6.07) is 11.4. The standard InChI is InChI=1S/C17H14ClFN2O2S/c1-24(22,23)10-12-9-20-17(13-4-2-3-5-15(13)19)14-8-11(18)6-7-16(14)21-12/h2-8,10,21H,9H2,1H3/b12-10-. The highest BCUT2D eigenvalue weighted by Gasteiger charge is 2.19. The predicted molar refractivity (Wildman–Crippen MR) is 94.9 cm³/mol. The maximum atomic E-state index is 14.2. The van der Waals surface area contributed by atoms with Crippen molar-refractivity contribution in [2.24, 2.45) is 4.99 Å². The Morgan fingerprint density at radius 2 is 1.96 bits per heavy atom. The summed E-state index contributed by atoms with van der Waals surface area (Å²) >= 11 is 6.08. The van der Waals surface area contributed by atoms with Crippen LogP contribution < -0.4 is 5.32 Å². The average Bonchev–Trinajstić information content (AvgIpc) is 2.65. The lowest BCUT2D eigenvalue weighted by Gasteiger charge is -2.12. The molecule has 2 aromatic carbocycles. The van der Waals surface area contributed by atoms with Gasteiger partial charge < -0.3 is 5.32 Å². The number of nitrogens with one attached hydrogen (secondary N) is 1. The molecule has 0 saturated carbocycles. The lowest BCUT2D eigenvalue weighted by atomic mass is 10.00. The van der Waals surface area contributed by atoms with E-state index in [0.717, 1.165) is 11.7 Å². The Balaban J connectivity index is 2.21. The molecule has 0 aliphatic carbocycles. The third-order valence-corrected chi connectivity index (χ3v) is 4.37. The molecule has 1 aliphatic heterocycles. The molecule has 0 atom stereocenters. The normalized spacial score (nSPS) is 16.1. The molecule has 4 nitrogen and oxygen atoms in total. The molecule has 3 rings (SSSR count). The molecular weight excluding hydrogens is 351 g/mol. The van der Waals surface area contributed by atoms with E-state index in [1.165, 1.54) is 6.07 Å². The van der Waals surface area contributed by atoms with Gasteiger partial charge in [-0.25, -0.2) is 12.8 Å². The number of aliphatic imine (C=N–C) groups is 1. The first-order valence-corrected chi connectivity index (χ1v) is 9.44. The van der Waals surface area contributed by atoms with Gasteiger partial charge in [0, 0.05) is 33.8 Å². The molecule has 0 spiro atoms. The molecule has 0 fully saturated rings. The average molecular weight is 365 g/mol. The van der Waals surface area contributed by atoms with Crippen molar-refractivity contribution < 1.29 is 12.8 Å². The fourth-order valence-electron chi connectivity index (χ4n) is 2.49. The maximum Gasteiger partial charge on any atom is 0.170 e. The van der Waals surface area contributed by atoms with Crippen LogP contribution in [0.25, 0.3) is 0 Å². The second-order valence-electron chi connectivity index (χ2n) is 5.43. The van der Waals surface area contributed by atoms with E-state index in [0.29, 0.717) is 33.2 Å². The number of halogens is 2. The summed E-state index contributed by atoms with van der Waals surface area (Å²) in [5, 5.41) is 4.65. The van der Waals surface area contributed by atoms with Crippen LogP contribution in [0.5, 0.6) is 0 Å². The number of hydrogen-bond donors (Lipinski definition) is 1. The first-order valence-electron chi connectivity index (χ1n) is 7.10. The Morgan fingerprint density at radius 3 is 2.67 bits per heavy atom. The second kappa shape index (κ2) is 6.37. The van der Waals surface area contributed by atoms with E-state index in [9.17, 15) is 12.8 Å². The van der Waals surface area contributed by atoms with E-state index in [2.05, 4.69) is 10.3 Å². The van der Waals surface area contributed by atoms with Crippen LogP contribution in [0.1, 0.15) is 11.1 Å². The van der Waals surface area contributed by atoms with Gasteiger partial charge in [0.1, 0.15) is 5.82 Å². The van der Waals surface area contributed by atoms with Gasteiger partial charge in [0.2, 0.25) is 0 Å². The summed E-state index contributed by atoms with van der Waals surface area (Å²) < 4.78 is 37.3. The molecule has 1 heterocycles. The van der Waals surface area contributed by atoms with Crippen molar-refractivity contribution in [3.05, 3.63) is 75.5 Å². The summed E-state index contributed by atoms with van der Waals surface area (Å²) in [5.74, 6) is -0.405. The number of benzene rings is 2. The van der Waals surface area contributed by atoms with E-state index in [1.807, 2.05) is 0 Å². The number of hydrogen-bond acceptors (Lipinski definition) is 4. The Morgan fingerprint density at radius 1 is 1.21 bits per heavy atom. The van der Waals surface area contributed by atoms with Gasteiger partial charge in [-0.3, -0.25) is 4.99 Å². The molecule has 0 radical (unpaired) electrons. The third-order valence-electron chi connectivity index (χ3n) is 3.42. The fraction of sp³-hybridized carbons (Fsp3) is 0.118. The van der Waals surface area contributed by atoms with Crippen molar-refractivity contribution in [2.75, 3.05) is 18.1 Å². The summed E-state index contributed by atoms with van der Waals surface area (Å²) in [4.78, 5) is 4.43. The van der Waals surface area contributed by atoms with Crippen LogP contribution in [-0.2, 0) is 9.84 Å². The minimum atomic E-state index is -3.33. The van der Waals surface area contributed by atoms with Crippen LogP contribution in [0.4, 0.5) is 10.1 Å². The van der Waals surface area contributed by atoms with E-state index in [1.54, 1.807) is 36.4 Å². The van der Waals surface area contributed by atoms with Crippen LogP contribution >= 0.6 is 11.6 Å². The van der Waals surface area contributed by atoms with Crippen LogP contribution in [0, 0.1) is 5.82 Å². The molecule has 0 aromatic heterocycles. The van der Waals surface area contributed by atoms with Crippen LogP contribution in [0.2, 0.25) is 5.02 Å². The van der Waals surface area contributed by atoms with Gasteiger partial charge in [-0.2, -0.15) is 0 Å². The highest BCUT2D eigenvalue weighted by atomic mass is 35.5. The molecule has 0 bridgehead atoms. The Bertz CT molecular complexity index is 968. The SMILES string of the molecule is CS(=O)(=O)/C=C1/CN=C(c2ccccc2F)c2cc(Cl)ccc2N1. The quantitative estimate of drug-likeness (QED) is 0.885. The molecule has 24 heavy (non-hydrogen) atoms. The number of rotatable bonds is 2. The maximum absolute atomic E-state index is 14.2. The molecule has 1 N–H and O–H groups in total. The zero-order valence-electron chi connectivity index (χ0n) is 12.8. The van der Waals surface area contributed by atoms with Crippen LogP contribution in [0.15, 0.2) is 58.6 Å². The molecular formula is C17H14ClFN2O2S. The van der Waals surface area contributed by atoms with Gasteiger partial charge in [0.25, 0.3) is 0 Å². The van der Waals surface area contributed by atoms with Gasteiger partial charge in [-0.05, 0) is 30.3 Å². The molecule has 0 unspecified atom stereocenters. The van der Waals surface area contributed by atoms with Crippen molar-refractivity contribution in [3.8, 4) is 0 Å². The minimum absolute atomic E-state index is 0.0863. The largest absolute Gasteiger partial charge is 0.356 e. The smallest absolute Gasteiger partial charge is 0.170 e. The third kappa shape index (κ3) is 3.66. The Labute approximate surface area is 144 Å². The van der Waals surface area contributed by atoms with E-state index < -0.39 is 15.7 Å². The molecule has 1 aliphatic rings. The zero-order chi connectivity index (χ0) is 17.3. The summed E-state index contributed by atoms with van der Waals surface area (Å²) in [6.07, 6.45) is 1.11. The lowest BCUT2D eigenvalue weighted by Crippen LogP contribution is -2.07. The lowest BCUT2D eigenvalue weighted by molar-refractivity contribution is 0.609. The Hall–Kier alpha value is -2.18. The van der Waals surface area contributed by atoms with Crippen molar-refractivity contribution in [3.63, 3.8) is 0 Å². The topological polar surface area (TPSA) is 58.5 Å². The number of sulfone groups is 1. The molecule has 0 amide bonds. The highest BCUT2D eigenvalue weighted by Crippen LogP contribution is 2.28. The Kier molecular flexibility index (Phi) is 4.43. The van der Waals surface area contributed by atoms with Gasteiger partial charge in [-0.1, -0.05) is 23.7 Å². The molecule has 0 saturated heterocycles. The van der Waals surface area contributed by atoms with E-state index >= 15 is 0 Å². The molecule has 7 heteroatoms. The predicted octanol–water partition coefficient (Wildman–Crippen LogP) is 3.63. The first-order chi connectivity index (χ1) is 11.3. The van der Waals surface area contributed by atoms with Crippen molar-refractivity contribution in [1.82, 2.24) is 0 Å².